The number of aryl methyl sites for hydroxylation is 1. The first-order valence-electron chi connectivity index (χ1n) is 5.09. The normalized spacial score (nSPS) is 13.3. The monoisotopic (exact) mass is 222 g/mol. The predicted octanol–water partition coefficient (Wildman–Crippen LogP) is 1.69. The fourth-order valence-corrected chi connectivity index (χ4v) is 1.27. The number of nitrogens with two attached hydrogens (primary N) is 1. The molecule has 2 rings (SSSR count). The molecule has 0 saturated carbocycles. The largest absolute Gasteiger partial charge is 0.438 e. The van der Waals surface area contributed by atoms with E-state index in [1.807, 2.05) is 20.8 Å². The van der Waals surface area contributed by atoms with Gasteiger partial charge in [0.2, 0.25) is 5.76 Å². The Kier molecular flexibility index (Phi) is 2.74. The van der Waals surface area contributed by atoms with Crippen molar-refractivity contribution in [2.75, 3.05) is 0 Å². The van der Waals surface area contributed by atoms with Gasteiger partial charge in [0.15, 0.2) is 12.2 Å². The maximum atomic E-state index is 5.91. The van der Waals surface area contributed by atoms with Crippen LogP contribution in [0.25, 0.3) is 11.7 Å². The van der Waals surface area contributed by atoms with E-state index in [1.54, 1.807) is 0 Å². The van der Waals surface area contributed by atoms with E-state index in [0.29, 0.717) is 23.2 Å². The third-order valence-corrected chi connectivity index (χ3v) is 2.40. The van der Waals surface area contributed by atoms with Gasteiger partial charge in [-0.25, -0.2) is 4.98 Å². The van der Waals surface area contributed by atoms with Crippen LogP contribution >= 0.6 is 0 Å². The van der Waals surface area contributed by atoms with Gasteiger partial charge in [-0.05, 0) is 12.8 Å². The summed E-state index contributed by atoms with van der Waals surface area (Å²) < 4.78 is 10.2. The number of rotatable bonds is 3. The van der Waals surface area contributed by atoms with Gasteiger partial charge in [-0.15, -0.1) is 0 Å². The van der Waals surface area contributed by atoms with Gasteiger partial charge < -0.3 is 14.7 Å². The molecule has 0 spiro atoms. The van der Waals surface area contributed by atoms with Crippen LogP contribution in [0.1, 0.15) is 31.4 Å². The molecule has 0 aliphatic rings. The molecular formula is C10H14N4O2. The van der Waals surface area contributed by atoms with Gasteiger partial charge >= 0.3 is 0 Å². The van der Waals surface area contributed by atoms with Crippen molar-refractivity contribution in [1.82, 2.24) is 15.1 Å². The van der Waals surface area contributed by atoms with Crippen molar-refractivity contribution in [3.05, 3.63) is 17.9 Å². The Morgan fingerprint density at radius 2 is 2.12 bits per heavy atom. The van der Waals surface area contributed by atoms with Gasteiger partial charge in [0.1, 0.15) is 0 Å². The number of oxazole rings is 1. The molecule has 1 atom stereocenters. The van der Waals surface area contributed by atoms with Crippen LogP contribution in [0.3, 0.4) is 0 Å². The molecule has 6 heteroatoms. The molecule has 2 heterocycles. The zero-order valence-electron chi connectivity index (χ0n) is 9.47. The van der Waals surface area contributed by atoms with Gasteiger partial charge in [-0.3, -0.25) is 0 Å². The summed E-state index contributed by atoms with van der Waals surface area (Å²) in [5, 5.41) is 3.84. The number of nitrogens with zero attached hydrogens (tertiary/aromatic N) is 3. The predicted molar refractivity (Wildman–Crippen MR) is 56.3 cm³/mol. The summed E-state index contributed by atoms with van der Waals surface area (Å²) in [6.45, 7) is 5.81. The zero-order chi connectivity index (χ0) is 11.7. The highest BCUT2D eigenvalue weighted by Crippen LogP contribution is 2.23. The van der Waals surface area contributed by atoms with Gasteiger partial charge in [0, 0.05) is 0 Å². The van der Waals surface area contributed by atoms with Crippen LogP contribution in [0.5, 0.6) is 0 Å². The molecule has 0 aliphatic carbocycles. The minimum atomic E-state index is -0.235. The molecule has 2 N–H and O–H groups in total. The molecule has 0 saturated heterocycles. The van der Waals surface area contributed by atoms with E-state index in [1.165, 1.54) is 6.39 Å². The topological polar surface area (TPSA) is 91.0 Å². The number of hydrogen-bond acceptors (Lipinski definition) is 6. The van der Waals surface area contributed by atoms with Crippen LogP contribution in [0, 0.1) is 12.8 Å². The van der Waals surface area contributed by atoms with Crippen molar-refractivity contribution in [3.8, 4) is 11.7 Å². The van der Waals surface area contributed by atoms with E-state index < -0.39 is 0 Å². The smallest absolute Gasteiger partial charge is 0.295 e. The molecule has 86 valence electrons. The van der Waals surface area contributed by atoms with Crippen molar-refractivity contribution in [2.45, 2.75) is 26.8 Å². The highest BCUT2D eigenvalue weighted by molar-refractivity contribution is 5.46. The molecule has 2 aromatic heterocycles. The highest BCUT2D eigenvalue weighted by Gasteiger charge is 2.20. The molecule has 6 nitrogen and oxygen atoms in total. The van der Waals surface area contributed by atoms with E-state index in [-0.39, 0.29) is 12.0 Å². The summed E-state index contributed by atoms with van der Waals surface area (Å²) >= 11 is 0. The van der Waals surface area contributed by atoms with Gasteiger partial charge in [0.05, 0.1) is 11.7 Å². The maximum Gasteiger partial charge on any atom is 0.295 e. The molecule has 16 heavy (non-hydrogen) atoms. The lowest BCUT2D eigenvalue weighted by atomic mass is 10.1. The molecule has 0 aliphatic heterocycles. The highest BCUT2D eigenvalue weighted by atomic mass is 16.5. The average Bonchev–Trinajstić information content (AvgIpc) is 2.84. The first-order chi connectivity index (χ1) is 7.59. The van der Waals surface area contributed by atoms with Crippen molar-refractivity contribution < 1.29 is 8.94 Å². The molecule has 0 bridgehead atoms. The molecule has 0 aromatic carbocycles. The number of aromatic nitrogens is 3. The van der Waals surface area contributed by atoms with Crippen molar-refractivity contribution in [3.63, 3.8) is 0 Å². The Morgan fingerprint density at radius 1 is 1.38 bits per heavy atom. The second kappa shape index (κ2) is 4.05. The minimum absolute atomic E-state index is 0.235. The minimum Gasteiger partial charge on any atom is -0.438 e. The summed E-state index contributed by atoms with van der Waals surface area (Å²) in [5.41, 5.74) is 6.63. The Bertz CT molecular complexity index is 475. The fourth-order valence-electron chi connectivity index (χ4n) is 1.27. The molecular weight excluding hydrogens is 208 g/mol. The number of hydrogen-bond donors (Lipinski definition) is 1. The summed E-state index contributed by atoms with van der Waals surface area (Å²) in [6.07, 6.45) is 1.34. The maximum absolute atomic E-state index is 5.91. The molecule has 0 fully saturated rings. The lowest BCUT2D eigenvalue weighted by molar-refractivity contribution is 0.391. The van der Waals surface area contributed by atoms with Gasteiger partial charge in [-0.2, -0.15) is 4.98 Å². The van der Waals surface area contributed by atoms with Crippen LogP contribution in [0.4, 0.5) is 0 Å². The summed E-state index contributed by atoms with van der Waals surface area (Å²) in [6, 6.07) is -0.235. The van der Waals surface area contributed by atoms with Gasteiger partial charge in [-0.1, -0.05) is 19.0 Å². The summed E-state index contributed by atoms with van der Waals surface area (Å²) in [7, 11) is 0. The Balaban J connectivity index is 2.30. The van der Waals surface area contributed by atoms with E-state index in [0.717, 1.165) is 0 Å². The Hall–Kier alpha value is -1.69. The van der Waals surface area contributed by atoms with E-state index in [4.69, 9.17) is 14.7 Å². The standard InChI is InChI=1S/C10H14N4O2/c1-5(2)7(11)9-13-10(16-14-9)8-6(3)12-4-15-8/h4-5,7H,11H2,1-3H3. The lowest BCUT2D eigenvalue weighted by Crippen LogP contribution is -2.18. The summed E-state index contributed by atoms with van der Waals surface area (Å²) in [5.74, 6) is 1.55. The average molecular weight is 222 g/mol. The third-order valence-electron chi connectivity index (χ3n) is 2.40. The molecule has 2 aromatic rings. The lowest BCUT2D eigenvalue weighted by Gasteiger charge is -2.09. The van der Waals surface area contributed by atoms with E-state index >= 15 is 0 Å². The molecule has 1 unspecified atom stereocenters. The zero-order valence-corrected chi connectivity index (χ0v) is 9.47. The van der Waals surface area contributed by atoms with Crippen LogP contribution < -0.4 is 5.73 Å². The summed E-state index contributed by atoms with van der Waals surface area (Å²) in [4.78, 5) is 8.15. The van der Waals surface area contributed by atoms with Crippen LogP contribution in [0.15, 0.2) is 15.3 Å². The SMILES string of the molecule is Cc1ncoc1-c1nc(C(N)C(C)C)no1. The second-order valence-electron chi connectivity index (χ2n) is 3.99. The first kappa shape index (κ1) is 10.8. The van der Waals surface area contributed by atoms with Crippen molar-refractivity contribution in [1.29, 1.82) is 0 Å². The Labute approximate surface area is 92.9 Å². The van der Waals surface area contributed by atoms with E-state index in [9.17, 15) is 0 Å². The second-order valence-corrected chi connectivity index (χ2v) is 3.99. The fraction of sp³-hybridized carbons (Fsp3) is 0.500. The quantitative estimate of drug-likeness (QED) is 0.849. The van der Waals surface area contributed by atoms with Gasteiger partial charge in [0.25, 0.3) is 5.89 Å². The first-order valence-corrected chi connectivity index (χ1v) is 5.09. The Morgan fingerprint density at radius 3 is 2.69 bits per heavy atom. The third kappa shape index (κ3) is 1.83. The van der Waals surface area contributed by atoms with Crippen molar-refractivity contribution >= 4 is 0 Å². The molecule has 0 amide bonds. The van der Waals surface area contributed by atoms with Crippen LogP contribution in [-0.4, -0.2) is 15.1 Å². The molecule has 0 radical (unpaired) electrons. The van der Waals surface area contributed by atoms with Crippen LogP contribution in [0.2, 0.25) is 0 Å². The van der Waals surface area contributed by atoms with Crippen molar-refractivity contribution in [2.24, 2.45) is 11.7 Å². The van der Waals surface area contributed by atoms with Crippen LogP contribution in [-0.2, 0) is 0 Å². The van der Waals surface area contributed by atoms with E-state index in [2.05, 4.69) is 15.1 Å².